The smallest absolute Gasteiger partial charge is 0.335 e. The molecule has 0 amide bonds. The molecule has 4 aromatic carbocycles. The van der Waals surface area contributed by atoms with Gasteiger partial charge in [-0.3, -0.25) is 14.4 Å². The molecule has 0 aromatic heterocycles. The lowest BCUT2D eigenvalue weighted by Crippen LogP contribution is -2.14. The monoisotopic (exact) mass is 734 g/mol. The predicted octanol–water partition coefficient (Wildman–Crippen LogP) is 6.14. The van der Waals surface area contributed by atoms with Crippen molar-refractivity contribution in [2.24, 2.45) is 10.3 Å². The average molecular weight is 736 g/mol. The van der Waals surface area contributed by atoms with E-state index in [1.807, 2.05) is 6.92 Å². The van der Waals surface area contributed by atoms with Gasteiger partial charge in [0, 0.05) is 34.2 Å². The maximum atomic E-state index is 12.5. The lowest BCUT2D eigenvalue weighted by Gasteiger charge is -2.06. The largest absolute Gasteiger partial charge is 0.478 e. The first-order valence-electron chi connectivity index (χ1n) is 13.6. The van der Waals surface area contributed by atoms with Crippen molar-refractivity contribution in [1.82, 2.24) is 0 Å². The summed E-state index contributed by atoms with van der Waals surface area (Å²) in [5.74, 6) is -1.93. The van der Waals surface area contributed by atoms with Crippen LogP contribution in [0, 0.1) is 0 Å². The SMILES string of the molecule is C.CCCCC(=O)c1ccc(C(=O)c2ccc(Cl)c(S(N)(=O)=O)c2)cc1.NS(=O)(=O)c1cc(C(=O)c2ccc(C(=O)O)cc2)ccc1Cl. The van der Waals surface area contributed by atoms with Crippen LogP contribution in [0.25, 0.3) is 0 Å². The Bertz CT molecular complexity index is 2070. The van der Waals surface area contributed by atoms with E-state index in [9.17, 15) is 36.0 Å². The van der Waals surface area contributed by atoms with Crippen molar-refractivity contribution in [1.29, 1.82) is 0 Å². The number of benzene rings is 4. The Morgan fingerprint density at radius 3 is 1.27 bits per heavy atom. The molecule has 0 aliphatic heterocycles. The third-order valence-electron chi connectivity index (χ3n) is 6.62. The number of unbranched alkanes of at least 4 members (excludes halogenated alkanes) is 1. The number of aromatic carboxylic acids is 1. The van der Waals surface area contributed by atoms with E-state index in [1.165, 1.54) is 48.5 Å². The Morgan fingerprint density at radius 1 is 0.604 bits per heavy atom. The minimum absolute atomic E-state index is 0. The molecule has 4 rings (SSSR count). The number of carboxylic acid groups (broad SMARTS) is 1. The van der Waals surface area contributed by atoms with Crippen LogP contribution in [0.4, 0.5) is 0 Å². The third kappa shape index (κ3) is 10.4. The third-order valence-corrected chi connectivity index (χ3v) is 9.41. The molecular formula is C33H32Cl2N2O9S2. The van der Waals surface area contributed by atoms with Crippen molar-refractivity contribution in [2.75, 3.05) is 0 Å². The number of Topliss-reactive ketones (excluding diaryl/α,β-unsaturated/α-hetero) is 1. The highest BCUT2D eigenvalue weighted by molar-refractivity contribution is 7.89. The lowest BCUT2D eigenvalue weighted by molar-refractivity contribution is 0.0696. The number of hydrogen-bond acceptors (Lipinski definition) is 8. The van der Waals surface area contributed by atoms with Crippen LogP contribution in [0.15, 0.2) is 94.7 Å². The average Bonchev–Trinajstić information content (AvgIpc) is 3.02. The van der Waals surface area contributed by atoms with Crippen LogP contribution in [0.1, 0.15) is 86.2 Å². The van der Waals surface area contributed by atoms with Gasteiger partial charge in [0.1, 0.15) is 9.79 Å². The Kier molecular flexibility index (Phi) is 13.9. The second-order valence-corrected chi connectivity index (χ2v) is 13.9. The van der Waals surface area contributed by atoms with E-state index >= 15 is 0 Å². The zero-order valence-electron chi connectivity index (χ0n) is 24.6. The van der Waals surface area contributed by atoms with Crippen LogP contribution in [-0.2, 0) is 20.0 Å². The Hall–Kier alpha value is -4.24. The molecule has 15 heteroatoms. The first-order chi connectivity index (χ1) is 21.9. The topological polar surface area (TPSA) is 209 Å². The number of halogens is 2. The zero-order chi connectivity index (χ0) is 35.1. The molecule has 0 saturated heterocycles. The highest BCUT2D eigenvalue weighted by Crippen LogP contribution is 2.24. The second-order valence-electron chi connectivity index (χ2n) is 10.0. The van der Waals surface area contributed by atoms with Gasteiger partial charge in [-0.1, -0.05) is 80.4 Å². The van der Waals surface area contributed by atoms with Crippen LogP contribution >= 0.6 is 23.2 Å². The lowest BCUT2D eigenvalue weighted by atomic mass is 9.99. The van der Waals surface area contributed by atoms with Crippen molar-refractivity contribution >= 4 is 66.6 Å². The number of hydrogen-bond donors (Lipinski definition) is 3. The number of nitrogens with two attached hydrogens (primary N) is 2. The minimum Gasteiger partial charge on any atom is -0.478 e. The van der Waals surface area contributed by atoms with E-state index < -0.39 is 31.8 Å². The molecular weight excluding hydrogens is 703 g/mol. The summed E-state index contributed by atoms with van der Waals surface area (Å²) in [7, 11) is -8.08. The summed E-state index contributed by atoms with van der Waals surface area (Å²) in [5.41, 5.74) is 1.38. The zero-order valence-corrected chi connectivity index (χ0v) is 27.8. The van der Waals surface area contributed by atoms with Crippen molar-refractivity contribution in [3.8, 4) is 0 Å². The quantitative estimate of drug-likeness (QED) is 0.151. The van der Waals surface area contributed by atoms with Gasteiger partial charge in [0.2, 0.25) is 20.0 Å². The molecule has 0 unspecified atom stereocenters. The van der Waals surface area contributed by atoms with Gasteiger partial charge in [0.25, 0.3) is 0 Å². The van der Waals surface area contributed by atoms with Crippen molar-refractivity contribution in [2.45, 2.75) is 43.4 Å². The summed E-state index contributed by atoms with van der Waals surface area (Å²) in [6.45, 7) is 2.01. The Morgan fingerprint density at radius 2 is 0.938 bits per heavy atom. The molecule has 0 saturated carbocycles. The first-order valence-corrected chi connectivity index (χ1v) is 17.5. The summed E-state index contributed by atoms with van der Waals surface area (Å²) in [6.07, 6.45) is 2.23. The van der Waals surface area contributed by atoms with Crippen LogP contribution in [-0.4, -0.2) is 45.3 Å². The summed E-state index contributed by atoms with van der Waals surface area (Å²) >= 11 is 11.6. The summed E-state index contributed by atoms with van der Waals surface area (Å²) < 4.78 is 45.8. The maximum absolute atomic E-state index is 12.5. The van der Waals surface area contributed by atoms with E-state index in [-0.39, 0.29) is 61.1 Å². The number of sulfonamides is 2. The maximum Gasteiger partial charge on any atom is 0.335 e. The Balaban J connectivity index is 0.000000329. The highest BCUT2D eigenvalue weighted by Gasteiger charge is 2.19. The molecule has 0 aliphatic carbocycles. The van der Waals surface area contributed by atoms with Crippen LogP contribution in [0.3, 0.4) is 0 Å². The van der Waals surface area contributed by atoms with Crippen LogP contribution in [0.2, 0.25) is 10.0 Å². The molecule has 0 bridgehead atoms. The fourth-order valence-corrected chi connectivity index (χ4v) is 6.25. The summed E-state index contributed by atoms with van der Waals surface area (Å²) in [5, 5.41) is 18.8. The Labute approximate surface area is 288 Å². The standard InChI is InChI=1S/C18H18ClNO4S.C14H10ClNO5S.CH4/c1-2-3-4-16(21)12-5-7-13(8-6-12)18(22)14-9-10-15(19)17(11-14)25(20,23)24;15-11-6-5-10(7-12(11)22(16,20)21)13(17)8-1-3-9(4-2-8)14(18)19;/h5-11H,2-4H2,1H3,(H2,20,23,24);1-7H,(H,18,19)(H2,16,20,21);1H4. The number of rotatable bonds is 11. The molecule has 0 fully saturated rings. The fourth-order valence-electron chi connectivity index (χ4n) is 4.11. The molecule has 0 atom stereocenters. The second kappa shape index (κ2) is 16.7. The van der Waals surface area contributed by atoms with Gasteiger partial charge in [0.05, 0.1) is 15.6 Å². The molecule has 4 aromatic rings. The predicted molar refractivity (Wildman–Crippen MR) is 183 cm³/mol. The summed E-state index contributed by atoms with van der Waals surface area (Å²) in [4.78, 5) is 46.9. The number of ketones is 3. The van der Waals surface area contributed by atoms with E-state index in [2.05, 4.69) is 0 Å². The number of primary sulfonamides is 2. The van der Waals surface area contributed by atoms with E-state index in [0.29, 0.717) is 17.5 Å². The fraction of sp³-hybridized carbons (Fsp3) is 0.152. The first kappa shape index (κ1) is 39.9. The molecule has 0 radical (unpaired) electrons. The molecule has 0 heterocycles. The van der Waals surface area contributed by atoms with Gasteiger partial charge in [-0.05, 0) is 55.0 Å². The van der Waals surface area contributed by atoms with E-state index in [0.717, 1.165) is 25.0 Å². The number of carboxylic acids is 1. The molecule has 0 aliphatic rings. The van der Waals surface area contributed by atoms with Gasteiger partial charge in [-0.25, -0.2) is 31.9 Å². The summed E-state index contributed by atoms with van der Waals surface area (Å²) in [6, 6.07) is 19.2. The van der Waals surface area contributed by atoms with Gasteiger partial charge >= 0.3 is 5.97 Å². The normalized spacial score (nSPS) is 11.0. The molecule has 11 nitrogen and oxygen atoms in total. The molecule has 48 heavy (non-hydrogen) atoms. The van der Waals surface area contributed by atoms with Crippen LogP contribution in [0.5, 0.6) is 0 Å². The van der Waals surface area contributed by atoms with Gasteiger partial charge in [0.15, 0.2) is 17.3 Å². The molecule has 0 spiro atoms. The number of carbonyl (C=O) groups excluding carboxylic acids is 3. The van der Waals surface area contributed by atoms with Gasteiger partial charge in [-0.2, -0.15) is 0 Å². The van der Waals surface area contributed by atoms with Crippen LogP contribution < -0.4 is 10.3 Å². The number of carbonyl (C=O) groups is 4. The van der Waals surface area contributed by atoms with Crippen molar-refractivity contribution < 1.29 is 41.1 Å². The molecule has 5 N–H and O–H groups in total. The van der Waals surface area contributed by atoms with E-state index in [4.69, 9.17) is 38.6 Å². The van der Waals surface area contributed by atoms with Gasteiger partial charge in [-0.15, -0.1) is 0 Å². The van der Waals surface area contributed by atoms with Crippen molar-refractivity contribution in [3.63, 3.8) is 0 Å². The highest BCUT2D eigenvalue weighted by atomic mass is 35.5. The van der Waals surface area contributed by atoms with E-state index in [1.54, 1.807) is 24.3 Å². The van der Waals surface area contributed by atoms with Gasteiger partial charge < -0.3 is 5.11 Å². The minimum atomic E-state index is -4.05. The van der Waals surface area contributed by atoms with Crippen molar-refractivity contribution in [3.05, 3.63) is 128 Å². The molecule has 254 valence electrons.